The molecule has 2 aromatic heterocycles. The van der Waals surface area contributed by atoms with Crippen LogP contribution in [0.25, 0.3) is 22.5 Å². The zero-order valence-corrected chi connectivity index (χ0v) is 17.9. The molecule has 32 heavy (non-hydrogen) atoms. The number of hydrogen-bond acceptors (Lipinski definition) is 4. The highest BCUT2D eigenvalue weighted by atomic mass is 19.1. The molecule has 0 spiro atoms. The number of carbonyl (C=O) groups is 1. The molecule has 0 saturated heterocycles. The van der Waals surface area contributed by atoms with Crippen molar-refractivity contribution in [2.24, 2.45) is 0 Å². The number of halogens is 1. The molecule has 164 valence electrons. The fourth-order valence-corrected chi connectivity index (χ4v) is 3.51. The number of hydrogen-bond donors (Lipinski definition) is 1. The van der Waals surface area contributed by atoms with E-state index in [0.29, 0.717) is 12.2 Å². The molecule has 0 unspecified atom stereocenters. The molecule has 0 bridgehead atoms. The van der Waals surface area contributed by atoms with Crippen molar-refractivity contribution in [3.05, 3.63) is 84.0 Å². The number of amides is 1. The third kappa shape index (κ3) is 5.29. The van der Waals surface area contributed by atoms with Gasteiger partial charge in [-0.2, -0.15) is 5.10 Å². The summed E-state index contributed by atoms with van der Waals surface area (Å²) in [6.45, 7) is 0.643. The minimum absolute atomic E-state index is 0.169. The van der Waals surface area contributed by atoms with Gasteiger partial charge in [0.15, 0.2) is 0 Å². The molecule has 0 atom stereocenters. The number of carbonyl (C=O) groups excluding carboxylic acids is 1. The number of H-pyrrole nitrogens is 1. The first-order chi connectivity index (χ1) is 15.6. The van der Waals surface area contributed by atoms with Gasteiger partial charge in [0.25, 0.3) is 5.91 Å². The summed E-state index contributed by atoms with van der Waals surface area (Å²) < 4.78 is 18.3. The molecule has 0 aliphatic rings. The summed E-state index contributed by atoms with van der Waals surface area (Å²) in [6, 6.07) is 19.6. The predicted octanol–water partition coefficient (Wildman–Crippen LogP) is 5.36. The lowest BCUT2D eigenvalue weighted by Crippen LogP contribution is -2.27. The third-order valence-corrected chi connectivity index (χ3v) is 5.35. The summed E-state index contributed by atoms with van der Waals surface area (Å²) in [5, 5.41) is 11.4. The van der Waals surface area contributed by atoms with Crippen molar-refractivity contribution >= 4 is 5.91 Å². The quantitative estimate of drug-likeness (QED) is 0.362. The second-order valence-electron chi connectivity index (χ2n) is 7.77. The Hall–Kier alpha value is -3.74. The minimum atomic E-state index is -0.257. The van der Waals surface area contributed by atoms with E-state index in [1.165, 1.54) is 12.1 Å². The number of aromatic amines is 1. The molecular formula is C25H25FN4O2. The number of aryl methyl sites for hydroxylation is 1. The lowest BCUT2D eigenvalue weighted by Gasteiger charge is -2.14. The van der Waals surface area contributed by atoms with Gasteiger partial charge in [0, 0.05) is 36.5 Å². The highest BCUT2D eigenvalue weighted by molar-refractivity contribution is 5.92. The van der Waals surface area contributed by atoms with E-state index in [1.807, 2.05) is 36.4 Å². The first-order valence-electron chi connectivity index (χ1n) is 10.7. The normalized spacial score (nSPS) is 10.9. The average molecular weight is 432 g/mol. The Kier molecular flexibility index (Phi) is 6.75. The van der Waals surface area contributed by atoms with Crippen LogP contribution in [0.3, 0.4) is 0 Å². The van der Waals surface area contributed by atoms with E-state index in [-0.39, 0.29) is 17.5 Å². The predicted molar refractivity (Wildman–Crippen MR) is 120 cm³/mol. The second-order valence-corrected chi connectivity index (χ2v) is 7.77. The van der Waals surface area contributed by atoms with Crippen molar-refractivity contribution in [2.75, 3.05) is 13.6 Å². The van der Waals surface area contributed by atoms with Crippen LogP contribution in [0, 0.1) is 5.82 Å². The van der Waals surface area contributed by atoms with Gasteiger partial charge in [0.1, 0.15) is 11.5 Å². The van der Waals surface area contributed by atoms with Crippen LogP contribution in [0.1, 0.15) is 35.5 Å². The molecule has 0 aliphatic carbocycles. The molecule has 1 amide bonds. The highest BCUT2D eigenvalue weighted by Crippen LogP contribution is 2.20. The topological polar surface area (TPSA) is 75.0 Å². The highest BCUT2D eigenvalue weighted by Gasteiger charge is 2.17. The van der Waals surface area contributed by atoms with Gasteiger partial charge >= 0.3 is 0 Å². The van der Waals surface area contributed by atoms with Crippen LogP contribution in [0.5, 0.6) is 0 Å². The minimum Gasteiger partial charge on any atom is -0.350 e. The maximum Gasteiger partial charge on any atom is 0.292 e. The first-order valence-corrected chi connectivity index (χ1v) is 10.7. The second kappa shape index (κ2) is 10.0. The Morgan fingerprint density at radius 3 is 2.50 bits per heavy atom. The molecule has 0 saturated carbocycles. The van der Waals surface area contributed by atoms with Crippen LogP contribution in [0.15, 0.2) is 71.3 Å². The number of benzene rings is 2. The van der Waals surface area contributed by atoms with Crippen molar-refractivity contribution in [1.29, 1.82) is 0 Å². The smallest absolute Gasteiger partial charge is 0.292 e. The summed E-state index contributed by atoms with van der Waals surface area (Å²) in [5.74, 6) is -0.178. The molecule has 0 aliphatic heterocycles. The Morgan fingerprint density at radius 2 is 1.72 bits per heavy atom. The number of nitrogens with zero attached hydrogens (tertiary/aromatic N) is 3. The van der Waals surface area contributed by atoms with Crippen LogP contribution >= 0.6 is 0 Å². The molecule has 4 aromatic rings. The van der Waals surface area contributed by atoms with Crippen molar-refractivity contribution in [1.82, 2.24) is 20.3 Å². The lowest BCUT2D eigenvalue weighted by atomic mass is 10.1. The Bertz CT molecular complexity index is 1150. The summed E-state index contributed by atoms with van der Waals surface area (Å²) in [7, 11) is 1.77. The van der Waals surface area contributed by atoms with Crippen LogP contribution < -0.4 is 0 Å². The van der Waals surface area contributed by atoms with Gasteiger partial charge in [-0.1, -0.05) is 41.9 Å². The average Bonchev–Trinajstić information content (AvgIpc) is 3.50. The molecule has 0 radical (unpaired) electrons. The van der Waals surface area contributed by atoms with E-state index >= 15 is 0 Å². The maximum absolute atomic E-state index is 13.1. The molecule has 6 nitrogen and oxygen atoms in total. The summed E-state index contributed by atoms with van der Waals surface area (Å²) in [4.78, 5) is 14.3. The molecular weight excluding hydrogens is 407 g/mol. The fourth-order valence-electron chi connectivity index (χ4n) is 3.51. The van der Waals surface area contributed by atoms with Crippen LogP contribution in [0.2, 0.25) is 0 Å². The van der Waals surface area contributed by atoms with Crippen LogP contribution in [0.4, 0.5) is 4.39 Å². The Balaban J connectivity index is 1.20. The lowest BCUT2D eigenvalue weighted by molar-refractivity contribution is 0.0751. The largest absolute Gasteiger partial charge is 0.350 e. The summed E-state index contributed by atoms with van der Waals surface area (Å²) >= 11 is 0. The molecule has 1 N–H and O–H groups in total. The number of aromatic nitrogens is 3. The maximum atomic E-state index is 13.1. The van der Waals surface area contributed by atoms with Gasteiger partial charge in [-0.05, 0) is 49.6 Å². The van der Waals surface area contributed by atoms with E-state index in [2.05, 4.69) is 15.4 Å². The van der Waals surface area contributed by atoms with Crippen LogP contribution in [-0.2, 0) is 6.42 Å². The number of rotatable bonds is 9. The van der Waals surface area contributed by atoms with Gasteiger partial charge in [-0.25, -0.2) is 4.39 Å². The molecule has 4 rings (SSSR count). The van der Waals surface area contributed by atoms with Gasteiger partial charge in [-0.15, -0.1) is 0 Å². The molecule has 0 fully saturated rings. The van der Waals surface area contributed by atoms with Crippen molar-refractivity contribution in [3.63, 3.8) is 0 Å². The van der Waals surface area contributed by atoms with Crippen LogP contribution in [-0.4, -0.2) is 39.8 Å². The SMILES string of the molecule is CN(CCCCCc1cc(-c2ccc(F)cc2)n[nH]1)C(=O)c1cc(-c2ccccc2)no1. The monoisotopic (exact) mass is 432 g/mol. The standard InChI is InChI=1S/C25H25FN4O2/c1-30(25(31)24-17-23(29-32-24)18-8-4-2-5-9-18)15-7-3-6-10-21-16-22(28-27-21)19-11-13-20(26)14-12-19/h2,4-5,8-9,11-14,16-17H,3,6-7,10,15H2,1H3,(H,27,28). The van der Waals surface area contributed by atoms with Gasteiger partial charge < -0.3 is 9.42 Å². The van der Waals surface area contributed by atoms with E-state index in [9.17, 15) is 9.18 Å². The van der Waals surface area contributed by atoms with E-state index in [1.54, 1.807) is 30.1 Å². The van der Waals surface area contributed by atoms with Gasteiger partial charge in [-0.3, -0.25) is 9.89 Å². The van der Waals surface area contributed by atoms with Gasteiger partial charge in [0.05, 0.1) is 5.69 Å². The molecule has 7 heteroatoms. The Labute approximate surface area is 186 Å². The zero-order valence-electron chi connectivity index (χ0n) is 17.9. The van der Waals surface area contributed by atoms with Gasteiger partial charge in [0.2, 0.25) is 5.76 Å². The Morgan fingerprint density at radius 1 is 0.969 bits per heavy atom. The fraction of sp³-hybridized carbons (Fsp3) is 0.240. The summed E-state index contributed by atoms with van der Waals surface area (Å²) in [6.07, 6.45) is 3.72. The molecule has 2 heterocycles. The molecule has 2 aromatic carbocycles. The van der Waals surface area contributed by atoms with Crippen molar-refractivity contribution in [3.8, 4) is 22.5 Å². The summed E-state index contributed by atoms with van der Waals surface area (Å²) in [5.41, 5.74) is 4.31. The number of unbranched alkanes of at least 4 members (excludes halogenated alkanes) is 2. The van der Waals surface area contributed by atoms with Crippen molar-refractivity contribution in [2.45, 2.75) is 25.7 Å². The van der Waals surface area contributed by atoms with Crippen molar-refractivity contribution < 1.29 is 13.7 Å². The first kappa shape index (κ1) is 21.5. The van der Waals surface area contributed by atoms with E-state index < -0.39 is 0 Å². The van der Waals surface area contributed by atoms with E-state index in [0.717, 1.165) is 48.2 Å². The van der Waals surface area contributed by atoms with E-state index in [4.69, 9.17) is 4.52 Å². The third-order valence-electron chi connectivity index (χ3n) is 5.35. The zero-order chi connectivity index (χ0) is 22.3. The number of nitrogens with one attached hydrogen (secondary N) is 1.